The van der Waals surface area contributed by atoms with Gasteiger partial charge in [0, 0.05) is 13.1 Å². The summed E-state index contributed by atoms with van der Waals surface area (Å²) < 4.78 is 5.09. The van der Waals surface area contributed by atoms with E-state index >= 15 is 0 Å². The highest BCUT2D eigenvalue weighted by Gasteiger charge is 2.10. The predicted octanol–water partition coefficient (Wildman–Crippen LogP) is 0.742. The van der Waals surface area contributed by atoms with Gasteiger partial charge in [0.1, 0.15) is 6.61 Å². The van der Waals surface area contributed by atoms with E-state index < -0.39 is 0 Å². The molecule has 0 saturated heterocycles. The van der Waals surface area contributed by atoms with Crippen molar-refractivity contribution in [1.82, 2.24) is 15.0 Å². The zero-order valence-electron chi connectivity index (χ0n) is 9.35. The first-order chi connectivity index (χ1) is 7.71. The van der Waals surface area contributed by atoms with Crippen LogP contribution in [0.1, 0.15) is 13.8 Å². The zero-order valence-corrected chi connectivity index (χ0v) is 10.1. The maximum atomic E-state index is 8.63. The van der Waals surface area contributed by atoms with Crippen LogP contribution in [0.25, 0.3) is 0 Å². The Hall–Kier alpha value is -1.14. The molecule has 0 saturated carbocycles. The first-order valence-electron chi connectivity index (χ1n) is 5.11. The van der Waals surface area contributed by atoms with E-state index in [9.17, 15) is 0 Å². The number of anilines is 1. The molecule has 0 radical (unpaired) electrons. The summed E-state index contributed by atoms with van der Waals surface area (Å²) in [5.74, 6) is 0.484. The molecule has 1 aromatic rings. The molecule has 0 atom stereocenters. The van der Waals surface area contributed by atoms with Crippen LogP contribution in [0.4, 0.5) is 5.95 Å². The van der Waals surface area contributed by atoms with Crippen LogP contribution in [0.15, 0.2) is 0 Å². The molecule has 0 bridgehead atoms. The molecule has 0 amide bonds. The van der Waals surface area contributed by atoms with Gasteiger partial charge < -0.3 is 14.7 Å². The third kappa shape index (κ3) is 3.46. The Morgan fingerprint density at radius 2 is 1.94 bits per heavy atom. The van der Waals surface area contributed by atoms with Gasteiger partial charge in [0.25, 0.3) is 0 Å². The highest BCUT2D eigenvalue weighted by atomic mass is 35.5. The first kappa shape index (κ1) is 12.9. The van der Waals surface area contributed by atoms with Gasteiger partial charge in [-0.1, -0.05) is 0 Å². The van der Waals surface area contributed by atoms with Crippen molar-refractivity contribution in [3.8, 4) is 6.01 Å². The molecule has 0 aliphatic rings. The van der Waals surface area contributed by atoms with E-state index in [-0.39, 0.29) is 24.5 Å². The average molecular weight is 247 g/mol. The number of aliphatic hydroxyl groups is 1. The van der Waals surface area contributed by atoms with Crippen LogP contribution in [-0.2, 0) is 0 Å². The van der Waals surface area contributed by atoms with Crippen molar-refractivity contribution in [2.75, 3.05) is 31.2 Å². The molecule has 0 fully saturated rings. The summed E-state index contributed by atoms with van der Waals surface area (Å²) in [4.78, 5) is 13.8. The van der Waals surface area contributed by atoms with Crippen LogP contribution in [0, 0.1) is 0 Å². The molecule has 1 rings (SSSR count). The Morgan fingerprint density at radius 1 is 1.25 bits per heavy atom. The van der Waals surface area contributed by atoms with Gasteiger partial charge in [0.15, 0.2) is 0 Å². The van der Waals surface area contributed by atoms with Crippen LogP contribution in [0.2, 0.25) is 5.28 Å². The molecule has 0 aromatic carbocycles. The Balaban J connectivity index is 2.88. The number of rotatable bonds is 6. The van der Waals surface area contributed by atoms with Crippen molar-refractivity contribution in [2.24, 2.45) is 0 Å². The highest BCUT2D eigenvalue weighted by molar-refractivity contribution is 6.28. The maximum absolute atomic E-state index is 8.63. The van der Waals surface area contributed by atoms with Crippen LogP contribution >= 0.6 is 11.6 Å². The maximum Gasteiger partial charge on any atom is 0.322 e. The molecular weight excluding hydrogens is 232 g/mol. The third-order valence-corrected chi connectivity index (χ3v) is 2.11. The Bertz CT molecular complexity index is 333. The number of aromatic nitrogens is 3. The number of aliphatic hydroxyl groups excluding tert-OH is 1. The molecule has 0 aliphatic heterocycles. The fourth-order valence-corrected chi connectivity index (χ4v) is 1.32. The molecule has 90 valence electrons. The summed E-state index contributed by atoms with van der Waals surface area (Å²) in [5, 5.41) is 8.72. The van der Waals surface area contributed by atoms with Gasteiger partial charge in [-0.2, -0.15) is 15.0 Å². The van der Waals surface area contributed by atoms with Gasteiger partial charge in [-0.25, -0.2) is 0 Å². The summed E-state index contributed by atoms with van der Waals surface area (Å²) in [5.41, 5.74) is 0. The second kappa shape index (κ2) is 6.44. The van der Waals surface area contributed by atoms with E-state index in [4.69, 9.17) is 21.4 Å². The molecule has 16 heavy (non-hydrogen) atoms. The van der Waals surface area contributed by atoms with E-state index in [2.05, 4.69) is 15.0 Å². The predicted molar refractivity (Wildman–Crippen MR) is 61.0 cm³/mol. The average Bonchev–Trinajstić information content (AvgIpc) is 2.27. The van der Waals surface area contributed by atoms with Crippen LogP contribution in [0.5, 0.6) is 6.01 Å². The van der Waals surface area contributed by atoms with E-state index in [1.165, 1.54) is 0 Å². The van der Waals surface area contributed by atoms with Gasteiger partial charge >= 0.3 is 6.01 Å². The molecule has 1 heterocycles. The monoisotopic (exact) mass is 246 g/mol. The zero-order chi connectivity index (χ0) is 12.0. The Labute approximate surface area is 99.3 Å². The van der Waals surface area contributed by atoms with E-state index in [0.29, 0.717) is 5.95 Å². The number of halogens is 1. The SMILES string of the molecule is CCN(CC)c1nc(Cl)nc(OCCO)n1. The van der Waals surface area contributed by atoms with Crippen molar-refractivity contribution in [1.29, 1.82) is 0 Å². The first-order valence-corrected chi connectivity index (χ1v) is 5.49. The largest absolute Gasteiger partial charge is 0.461 e. The van der Waals surface area contributed by atoms with Crippen molar-refractivity contribution in [2.45, 2.75) is 13.8 Å². The van der Waals surface area contributed by atoms with Gasteiger partial charge in [0.2, 0.25) is 11.2 Å². The Kier molecular flexibility index (Phi) is 5.21. The lowest BCUT2D eigenvalue weighted by molar-refractivity contribution is 0.191. The standard InChI is InChI=1S/C9H15ClN4O2/c1-3-14(4-2)8-11-7(10)12-9(13-8)16-6-5-15/h15H,3-6H2,1-2H3. The van der Waals surface area contributed by atoms with Crippen LogP contribution in [0.3, 0.4) is 0 Å². The summed E-state index contributed by atoms with van der Waals surface area (Å²) in [6, 6.07) is 0.135. The number of hydrogen-bond acceptors (Lipinski definition) is 6. The molecule has 1 N–H and O–H groups in total. The van der Waals surface area contributed by atoms with Crippen LogP contribution < -0.4 is 9.64 Å². The smallest absolute Gasteiger partial charge is 0.322 e. The van der Waals surface area contributed by atoms with Gasteiger partial charge in [-0.15, -0.1) is 0 Å². The lowest BCUT2D eigenvalue weighted by Crippen LogP contribution is -2.24. The third-order valence-electron chi connectivity index (χ3n) is 1.94. The van der Waals surface area contributed by atoms with E-state index in [1.807, 2.05) is 18.7 Å². The second-order valence-corrected chi connectivity index (χ2v) is 3.27. The fourth-order valence-electron chi connectivity index (χ4n) is 1.17. The number of nitrogens with zero attached hydrogens (tertiary/aromatic N) is 4. The summed E-state index contributed by atoms with van der Waals surface area (Å²) in [7, 11) is 0. The van der Waals surface area contributed by atoms with E-state index in [1.54, 1.807) is 0 Å². The van der Waals surface area contributed by atoms with Gasteiger partial charge in [-0.05, 0) is 25.4 Å². The minimum atomic E-state index is -0.0933. The molecule has 0 spiro atoms. The highest BCUT2D eigenvalue weighted by Crippen LogP contribution is 2.14. The minimum absolute atomic E-state index is 0.0878. The fraction of sp³-hybridized carbons (Fsp3) is 0.667. The molecule has 1 aromatic heterocycles. The van der Waals surface area contributed by atoms with Crippen molar-refractivity contribution in [3.63, 3.8) is 0 Å². The van der Waals surface area contributed by atoms with Gasteiger partial charge in [0.05, 0.1) is 6.61 Å². The Morgan fingerprint density at radius 3 is 2.50 bits per heavy atom. The van der Waals surface area contributed by atoms with Gasteiger partial charge in [-0.3, -0.25) is 0 Å². The van der Waals surface area contributed by atoms with E-state index in [0.717, 1.165) is 13.1 Å². The molecular formula is C9H15ClN4O2. The van der Waals surface area contributed by atoms with Crippen LogP contribution in [-0.4, -0.2) is 46.4 Å². The number of hydrogen-bond donors (Lipinski definition) is 1. The summed E-state index contributed by atoms with van der Waals surface area (Å²) in [6.07, 6.45) is 0. The normalized spacial score (nSPS) is 10.2. The second-order valence-electron chi connectivity index (χ2n) is 2.93. The number of ether oxygens (including phenoxy) is 1. The van der Waals surface area contributed by atoms with Crippen molar-refractivity contribution >= 4 is 17.5 Å². The lowest BCUT2D eigenvalue weighted by atomic mass is 10.5. The van der Waals surface area contributed by atoms with Crippen molar-refractivity contribution < 1.29 is 9.84 Å². The molecule has 0 unspecified atom stereocenters. The quantitative estimate of drug-likeness (QED) is 0.798. The molecule has 7 heteroatoms. The molecule has 6 nitrogen and oxygen atoms in total. The molecule has 0 aliphatic carbocycles. The summed E-state index contributed by atoms with van der Waals surface area (Å²) >= 11 is 5.76. The minimum Gasteiger partial charge on any atom is -0.461 e. The lowest BCUT2D eigenvalue weighted by Gasteiger charge is -2.18. The summed E-state index contributed by atoms with van der Waals surface area (Å²) in [6.45, 7) is 5.58. The topological polar surface area (TPSA) is 71.4 Å². The van der Waals surface area contributed by atoms with Crippen molar-refractivity contribution in [3.05, 3.63) is 5.28 Å².